The summed E-state index contributed by atoms with van der Waals surface area (Å²) in [4.78, 5) is 0. The van der Waals surface area contributed by atoms with Crippen LogP contribution in [-0.4, -0.2) is 93.9 Å². The zero-order chi connectivity index (χ0) is 14.6. The van der Waals surface area contributed by atoms with Gasteiger partial charge in [-0.25, -0.2) is 0 Å². The third-order valence-corrected chi connectivity index (χ3v) is 3.93. The van der Waals surface area contributed by atoms with E-state index in [0.717, 1.165) is 0 Å². The molecular formula is C12H28Al2CaO4. The van der Waals surface area contributed by atoms with Crippen LogP contribution in [0.2, 0.25) is 0 Å². The molecule has 7 heteroatoms. The van der Waals surface area contributed by atoms with E-state index >= 15 is 0 Å². The van der Waals surface area contributed by atoms with Crippen LogP contribution < -0.4 is 0 Å². The summed E-state index contributed by atoms with van der Waals surface area (Å²) in [7, 11) is 0. The standard InChI is InChI=1S/4C3H7O.2Al.Ca/c4*1-3(2)4;;;/h4*3H,1-2H3;;;/q4*-1;2*+1;+2. The largest absolute Gasteiger partial charge is 2.00 e. The molecule has 108 valence electrons. The smallest absolute Gasteiger partial charge is 0.677 e. The molecule has 0 N–H and O–H groups in total. The fourth-order valence-corrected chi connectivity index (χ4v) is 1.53. The Hall–Kier alpha value is 2.16. The molecule has 0 amide bonds. The summed E-state index contributed by atoms with van der Waals surface area (Å²) < 4.78 is 20.9. The van der Waals surface area contributed by atoms with Gasteiger partial charge < -0.3 is 15.2 Å². The van der Waals surface area contributed by atoms with E-state index in [2.05, 4.69) is 0 Å². The molecule has 4 radical (unpaired) electrons. The fourth-order valence-electron chi connectivity index (χ4n) is 0.509. The van der Waals surface area contributed by atoms with Crippen molar-refractivity contribution in [2.45, 2.75) is 79.8 Å². The zero-order valence-electron chi connectivity index (χ0n) is 13.8. The average Bonchev–Trinajstić information content (AvgIpc) is 2.15. The van der Waals surface area contributed by atoms with Crippen LogP contribution in [-0.2, 0) is 15.2 Å². The first-order chi connectivity index (χ1) is 8.25. The average molecular weight is 330 g/mol. The molecule has 0 aromatic heterocycles. The Bertz CT molecular complexity index is 136. The van der Waals surface area contributed by atoms with Crippen LogP contribution in [0.1, 0.15) is 55.4 Å². The first-order valence-electron chi connectivity index (χ1n) is 6.50. The van der Waals surface area contributed by atoms with Gasteiger partial charge in [0.05, 0.1) is 0 Å². The quantitative estimate of drug-likeness (QED) is 0.640. The normalized spacial score (nSPS) is 10.7. The van der Waals surface area contributed by atoms with Gasteiger partial charge in [-0.05, 0) is 79.8 Å². The van der Waals surface area contributed by atoms with Crippen molar-refractivity contribution in [3.8, 4) is 0 Å². The maximum absolute atomic E-state index is 5.21. The third kappa shape index (κ3) is 33.2. The summed E-state index contributed by atoms with van der Waals surface area (Å²) in [6, 6.07) is 0. The Kier molecular flexibility index (Phi) is 25.0. The van der Waals surface area contributed by atoms with Gasteiger partial charge in [0, 0.05) is 0 Å². The maximum Gasteiger partial charge on any atom is 2.00 e. The van der Waals surface area contributed by atoms with Crippen LogP contribution in [0.3, 0.4) is 0 Å². The molecular weight excluding hydrogens is 302 g/mol. The van der Waals surface area contributed by atoms with Crippen molar-refractivity contribution in [3.05, 3.63) is 0 Å². The van der Waals surface area contributed by atoms with Gasteiger partial charge in [0.25, 0.3) is 0 Å². The number of hydrogen-bond acceptors (Lipinski definition) is 4. The van der Waals surface area contributed by atoms with Crippen LogP contribution in [0.15, 0.2) is 0 Å². The van der Waals surface area contributed by atoms with E-state index in [1.54, 1.807) is 0 Å². The molecule has 0 aliphatic heterocycles. The van der Waals surface area contributed by atoms with Crippen LogP contribution in [0, 0.1) is 0 Å². The van der Waals surface area contributed by atoms with E-state index in [1.807, 2.05) is 55.4 Å². The van der Waals surface area contributed by atoms with Gasteiger partial charge in [0.15, 0.2) is 0 Å². The SMILES string of the molecule is CC(C)[O][Al-][O]C(C)C.CC(C)[O][Al-][O]C(C)C.[Ca+2]. The van der Waals surface area contributed by atoms with Gasteiger partial charge in [-0.3, -0.25) is 0 Å². The molecule has 4 nitrogen and oxygen atoms in total. The first-order valence-corrected chi connectivity index (χ1v) is 8.39. The van der Waals surface area contributed by atoms with Gasteiger partial charge in [-0.2, -0.15) is 0 Å². The second-order valence-electron chi connectivity index (χ2n) is 4.93. The summed E-state index contributed by atoms with van der Waals surface area (Å²) >= 11 is -0.491. The molecule has 0 saturated heterocycles. The minimum Gasteiger partial charge on any atom is -0.677 e. The molecule has 0 bridgehead atoms. The topological polar surface area (TPSA) is 36.9 Å². The minimum atomic E-state index is -0.245. The second-order valence-corrected chi connectivity index (χ2v) is 6.41. The summed E-state index contributed by atoms with van der Waals surface area (Å²) in [6.07, 6.45) is 1.22. The van der Waals surface area contributed by atoms with Crippen molar-refractivity contribution < 1.29 is 15.2 Å². The Balaban J connectivity index is -0.000000256. The summed E-state index contributed by atoms with van der Waals surface area (Å²) in [6.45, 7) is 16.1. The van der Waals surface area contributed by atoms with E-state index in [-0.39, 0.29) is 69.5 Å². The van der Waals surface area contributed by atoms with Crippen molar-refractivity contribution in [3.63, 3.8) is 0 Å². The van der Waals surface area contributed by atoms with Crippen molar-refractivity contribution >= 4 is 69.5 Å². The van der Waals surface area contributed by atoms with Gasteiger partial charge in [-0.15, -0.1) is 0 Å². The molecule has 0 saturated carbocycles. The van der Waals surface area contributed by atoms with Crippen LogP contribution in [0.5, 0.6) is 0 Å². The van der Waals surface area contributed by atoms with Crippen molar-refractivity contribution in [1.29, 1.82) is 0 Å². The van der Waals surface area contributed by atoms with E-state index in [9.17, 15) is 0 Å². The molecule has 0 aromatic carbocycles. The molecule has 0 aliphatic rings. The Morgan fingerprint density at radius 3 is 0.737 bits per heavy atom. The number of rotatable bonds is 8. The van der Waals surface area contributed by atoms with Crippen LogP contribution in [0.4, 0.5) is 0 Å². The van der Waals surface area contributed by atoms with Crippen LogP contribution >= 0.6 is 0 Å². The third-order valence-electron chi connectivity index (χ3n) is 1.31. The predicted molar refractivity (Wildman–Crippen MR) is 82.1 cm³/mol. The molecule has 0 heterocycles. The van der Waals surface area contributed by atoms with Crippen molar-refractivity contribution in [2.75, 3.05) is 0 Å². The number of hydrogen-bond donors (Lipinski definition) is 0. The predicted octanol–water partition coefficient (Wildman–Crippen LogP) is 2.36. The molecule has 0 unspecified atom stereocenters. The Morgan fingerprint density at radius 2 is 0.632 bits per heavy atom. The van der Waals surface area contributed by atoms with E-state index in [4.69, 9.17) is 15.2 Å². The van der Waals surface area contributed by atoms with Crippen molar-refractivity contribution in [1.82, 2.24) is 0 Å². The van der Waals surface area contributed by atoms with Gasteiger partial charge >= 0.3 is 37.7 Å². The fraction of sp³-hybridized carbons (Fsp3) is 1.00. The summed E-state index contributed by atoms with van der Waals surface area (Å²) in [5.41, 5.74) is 0. The monoisotopic (exact) mass is 330 g/mol. The molecule has 0 atom stereocenters. The Morgan fingerprint density at radius 1 is 0.474 bits per heavy atom. The first kappa shape index (κ1) is 26.1. The maximum atomic E-state index is 5.21. The van der Waals surface area contributed by atoms with E-state index < -0.39 is 0 Å². The molecule has 0 spiro atoms. The van der Waals surface area contributed by atoms with Crippen LogP contribution in [0.25, 0.3) is 0 Å². The van der Waals surface area contributed by atoms with E-state index in [0.29, 0.717) is 24.4 Å². The van der Waals surface area contributed by atoms with E-state index in [1.165, 1.54) is 0 Å². The zero-order valence-corrected chi connectivity index (χ0v) is 18.3. The van der Waals surface area contributed by atoms with Gasteiger partial charge in [-0.1, -0.05) is 0 Å². The Labute approximate surface area is 163 Å². The molecule has 0 fully saturated rings. The van der Waals surface area contributed by atoms with Crippen molar-refractivity contribution in [2.24, 2.45) is 0 Å². The van der Waals surface area contributed by atoms with Gasteiger partial charge in [0.2, 0.25) is 0 Å². The summed E-state index contributed by atoms with van der Waals surface area (Å²) in [5, 5.41) is 0. The molecule has 0 rings (SSSR count). The molecule has 19 heavy (non-hydrogen) atoms. The summed E-state index contributed by atoms with van der Waals surface area (Å²) in [5.74, 6) is 0. The molecule has 0 aliphatic carbocycles. The van der Waals surface area contributed by atoms with Gasteiger partial charge in [0.1, 0.15) is 31.8 Å². The second kappa shape index (κ2) is 18.2. The molecule has 0 aromatic rings. The minimum absolute atomic E-state index is 0.